The van der Waals surface area contributed by atoms with Crippen molar-refractivity contribution in [2.75, 3.05) is 39.9 Å². The van der Waals surface area contributed by atoms with Gasteiger partial charge in [-0.25, -0.2) is 14.4 Å². The van der Waals surface area contributed by atoms with Gasteiger partial charge in [0.25, 0.3) is 5.91 Å². The van der Waals surface area contributed by atoms with Crippen molar-refractivity contribution in [3.05, 3.63) is 59.2 Å². The van der Waals surface area contributed by atoms with E-state index in [0.29, 0.717) is 23.7 Å². The fourth-order valence-corrected chi connectivity index (χ4v) is 2.78. The lowest BCUT2D eigenvalue weighted by Crippen LogP contribution is -2.20. The predicted octanol–water partition coefficient (Wildman–Crippen LogP) is 2.86. The van der Waals surface area contributed by atoms with E-state index in [2.05, 4.69) is 14.8 Å². The number of methoxy groups -OCH3 is 3. The summed E-state index contributed by atoms with van der Waals surface area (Å²) in [7, 11) is 3.87. The Morgan fingerprint density at radius 1 is 0.882 bits per heavy atom. The quantitative estimate of drug-likeness (QED) is 0.316. The molecule has 2 rings (SSSR count). The van der Waals surface area contributed by atoms with Crippen molar-refractivity contribution in [3.8, 4) is 11.5 Å². The number of carbonyl (C=O) groups excluding carboxylic acids is 4. The molecule has 0 aliphatic carbocycles. The van der Waals surface area contributed by atoms with Crippen molar-refractivity contribution in [1.29, 1.82) is 0 Å². The van der Waals surface area contributed by atoms with Crippen LogP contribution >= 0.6 is 0 Å². The van der Waals surface area contributed by atoms with Crippen LogP contribution in [0, 0.1) is 0 Å². The van der Waals surface area contributed by atoms with E-state index in [0.717, 1.165) is 6.08 Å². The van der Waals surface area contributed by atoms with E-state index in [1.165, 1.54) is 45.6 Å². The van der Waals surface area contributed by atoms with Gasteiger partial charge in [0.2, 0.25) is 0 Å². The second-order valence-electron chi connectivity index (χ2n) is 6.61. The third-order valence-corrected chi connectivity index (χ3v) is 4.30. The maximum atomic E-state index is 12.2. The summed E-state index contributed by atoms with van der Waals surface area (Å²) in [6.45, 7) is 1.75. The molecule has 0 radical (unpaired) electrons. The molecule has 0 unspecified atom stereocenters. The molecule has 1 N–H and O–H groups in total. The molecule has 34 heavy (non-hydrogen) atoms. The van der Waals surface area contributed by atoms with Gasteiger partial charge in [0.05, 0.1) is 39.1 Å². The second-order valence-corrected chi connectivity index (χ2v) is 6.61. The van der Waals surface area contributed by atoms with Gasteiger partial charge in [-0.2, -0.15) is 0 Å². The fraction of sp³-hybridized carbons (Fsp3) is 0.250. The topological polar surface area (TPSA) is 126 Å². The lowest BCUT2D eigenvalue weighted by Gasteiger charge is -2.10. The average molecular weight is 471 g/mol. The number of anilines is 1. The van der Waals surface area contributed by atoms with Crippen molar-refractivity contribution < 1.29 is 42.9 Å². The largest absolute Gasteiger partial charge is 0.493 e. The molecule has 0 spiro atoms. The van der Waals surface area contributed by atoms with Crippen LogP contribution < -0.4 is 14.8 Å². The first-order valence-electron chi connectivity index (χ1n) is 10.1. The molecule has 0 bridgehead atoms. The highest BCUT2D eigenvalue weighted by molar-refractivity contribution is 6.00. The van der Waals surface area contributed by atoms with E-state index in [1.54, 1.807) is 18.2 Å². The number of nitrogens with one attached hydrogen (secondary N) is 1. The van der Waals surface area contributed by atoms with Gasteiger partial charge in [0, 0.05) is 11.8 Å². The first kappa shape index (κ1) is 25.9. The lowest BCUT2D eigenvalue weighted by molar-refractivity contribution is -0.142. The molecule has 10 nitrogen and oxygen atoms in total. The summed E-state index contributed by atoms with van der Waals surface area (Å²) in [6, 6.07) is 9.04. The highest BCUT2D eigenvalue weighted by Gasteiger charge is 2.15. The monoisotopic (exact) mass is 471 g/mol. The first-order chi connectivity index (χ1) is 16.3. The van der Waals surface area contributed by atoms with Crippen molar-refractivity contribution in [2.45, 2.75) is 6.92 Å². The van der Waals surface area contributed by atoms with Crippen LogP contribution in [0.4, 0.5) is 5.69 Å². The molecule has 0 saturated carbocycles. The Labute approximate surface area is 196 Å². The van der Waals surface area contributed by atoms with Gasteiger partial charge in [-0.05, 0) is 48.9 Å². The molecule has 0 fully saturated rings. The Morgan fingerprint density at radius 2 is 1.53 bits per heavy atom. The number of ether oxygens (including phenoxy) is 5. The molecule has 0 saturated heterocycles. The molecule has 10 heteroatoms. The van der Waals surface area contributed by atoms with Crippen LogP contribution in [0.1, 0.15) is 33.2 Å². The minimum Gasteiger partial charge on any atom is -0.493 e. The molecule has 1 amide bonds. The zero-order valence-corrected chi connectivity index (χ0v) is 19.2. The van der Waals surface area contributed by atoms with Gasteiger partial charge in [-0.3, -0.25) is 4.79 Å². The summed E-state index contributed by atoms with van der Waals surface area (Å²) in [5.74, 6) is -1.75. The number of hydrogen-bond acceptors (Lipinski definition) is 9. The summed E-state index contributed by atoms with van der Waals surface area (Å²) in [5.41, 5.74) is 0.857. The Morgan fingerprint density at radius 3 is 2.09 bits per heavy atom. The summed E-state index contributed by atoms with van der Waals surface area (Å²) >= 11 is 0. The van der Waals surface area contributed by atoms with Crippen molar-refractivity contribution >= 4 is 35.6 Å². The molecule has 0 aliphatic rings. The Kier molecular flexibility index (Phi) is 9.63. The van der Waals surface area contributed by atoms with Gasteiger partial charge in [-0.1, -0.05) is 6.07 Å². The molecule has 180 valence electrons. The number of amides is 1. The van der Waals surface area contributed by atoms with E-state index in [4.69, 9.17) is 14.2 Å². The van der Waals surface area contributed by atoms with E-state index >= 15 is 0 Å². The lowest BCUT2D eigenvalue weighted by atomic mass is 10.1. The van der Waals surface area contributed by atoms with Crippen LogP contribution in [0.3, 0.4) is 0 Å². The van der Waals surface area contributed by atoms with E-state index in [1.807, 2.05) is 6.92 Å². The highest BCUT2D eigenvalue weighted by atomic mass is 16.5. The van der Waals surface area contributed by atoms with Crippen LogP contribution in [-0.2, 0) is 23.8 Å². The summed E-state index contributed by atoms with van der Waals surface area (Å²) in [4.78, 5) is 47.9. The normalized spacial score (nSPS) is 10.4. The van der Waals surface area contributed by atoms with E-state index in [9.17, 15) is 19.2 Å². The van der Waals surface area contributed by atoms with Crippen molar-refractivity contribution in [1.82, 2.24) is 0 Å². The second kappa shape index (κ2) is 12.6. The standard InChI is InChI=1S/C24H25NO9/c1-5-33-19-8-6-15(10-20(19)30-2)7-9-22(27)34-14-21(26)25-18-12-16(23(28)31-3)11-17(13-18)24(29)32-4/h6-13H,5,14H2,1-4H3,(H,25,26)/b9-7+. The maximum Gasteiger partial charge on any atom is 0.337 e. The summed E-state index contributed by atoms with van der Waals surface area (Å²) < 4.78 is 24.9. The Bertz CT molecular complexity index is 1060. The van der Waals surface area contributed by atoms with Gasteiger partial charge >= 0.3 is 17.9 Å². The predicted molar refractivity (Wildman–Crippen MR) is 122 cm³/mol. The van der Waals surface area contributed by atoms with Gasteiger partial charge < -0.3 is 29.0 Å². The van der Waals surface area contributed by atoms with Crippen LogP contribution in [0.15, 0.2) is 42.5 Å². The van der Waals surface area contributed by atoms with Crippen molar-refractivity contribution in [3.63, 3.8) is 0 Å². The Hall–Kier alpha value is -4.34. The fourth-order valence-electron chi connectivity index (χ4n) is 2.78. The third-order valence-electron chi connectivity index (χ3n) is 4.30. The van der Waals surface area contributed by atoms with Crippen LogP contribution in [0.25, 0.3) is 6.08 Å². The minimum atomic E-state index is -0.749. The number of rotatable bonds is 10. The number of benzene rings is 2. The zero-order chi connectivity index (χ0) is 25.1. The van der Waals surface area contributed by atoms with E-state index in [-0.39, 0.29) is 16.8 Å². The third kappa shape index (κ3) is 7.37. The van der Waals surface area contributed by atoms with Crippen LogP contribution in [-0.4, -0.2) is 58.4 Å². The average Bonchev–Trinajstić information content (AvgIpc) is 2.85. The molecular weight excluding hydrogens is 446 g/mol. The van der Waals surface area contributed by atoms with Crippen LogP contribution in [0.2, 0.25) is 0 Å². The van der Waals surface area contributed by atoms with E-state index < -0.39 is 30.4 Å². The SMILES string of the molecule is CCOc1ccc(/C=C/C(=O)OCC(=O)Nc2cc(C(=O)OC)cc(C(=O)OC)c2)cc1OC. The molecule has 2 aromatic rings. The number of hydrogen-bond donors (Lipinski definition) is 1. The number of carbonyl (C=O) groups is 4. The van der Waals surface area contributed by atoms with Gasteiger partial charge in [0.1, 0.15) is 0 Å². The highest BCUT2D eigenvalue weighted by Crippen LogP contribution is 2.28. The molecule has 0 heterocycles. The van der Waals surface area contributed by atoms with Crippen LogP contribution in [0.5, 0.6) is 11.5 Å². The molecular formula is C24H25NO9. The summed E-state index contributed by atoms with van der Waals surface area (Å²) in [6.07, 6.45) is 2.66. The van der Waals surface area contributed by atoms with Gasteiger partial charge in [0.15, 0.2) is 18.1 Å². The molecule has 0 aliphatic heterocycles. The molecule has 0 aromatic heterocycles. The minimum absolute atomic E-state index is 0.0337. The smallest absolute Gasteiger partial charge is 0.337 e. The first-order valence-corrected chi connectivity index (χ1v) is 10.1. The Balaban J connectivity index is 2.00. The van der Waals surface area contributed by atoms with Crippen molar-refractivity contribution in [2.24, 2.45) is 0 Å². The summed E-state index contributed by atoms with van der Waals surface area (Å²) in [5, 5.41) is 2.46. The molecule has 0 atom stereocenters. The number of esters is 3. The zero-order valence-electron chi connectivity index (χ0n) is 19.2. The van der Waals surface area contributed by atoms with Gasteiger partial charge in [-0.15, -0.1) is 0 Å². The molecule has 2 aromatic carbocycles. The maximum absolute atomic E-state index is 12.2.